The van der Waals surface area contributed by atoms with E-state index in [4.69, 9.17) is 10.2 Å². The van der Waals surface area contributed by atoms with Gasteiger partial charge in [-0.2, -0.15) is 0 Å². The number of carbonyl (C=O) groups is 2. The quantitative estimate of drug-likeness (QED) is 0.401. The molecule has 0 fully saturated rings. The van der Waals surface area contributed by atoms with Crippen molar-refractivity contribution in [1.29, 1.82) is 0 Å². The molecule has 0 aliphatic carbocycles. The topological polar surface area (TPSA) is 74.6 Å². The SMILES string of the molecule is O=C(O)CCCCCCCCCCCC(=O)O.[H-].[Na+]. The Morgan fingerprint density at radius 2 is 0.833 bits per heavy atom. The first-order valence-corrected chi connectivity index (χ1v) is 6.56. The maximum absolute atomic E-state index is 10.2. The molecule has 0 saturated carbocycles. The van der Waals surface area contributed by atoms with Gasteiger partial charge >= 0.3 is 41.5 Å². The molecule has 0 rings (SSSR count). The van der Waals surface area contributed by atoms with Crippen LogP contribution in [0.4, 0.5) is 0 Å². The average Bonchev–Trinajstić information content (AvgIpc) is 2.25. The van der Waals surface area contributed by atoms with Crippen LogP contribution < -0.4 is 29.6 Å². The molecule has 0 bridgehead atoms. The summed E-state index contributed by atoms with van der Waals surface area (Å²) >= 11 is 0. The molecule has 0 radical (unpaired) electrons. The number of unbranched alkanes of at least 4 members (excludes halogenated alkanes) is 8. The van der Waals surface area contributed by atoms with Gasteiger partial charge in [-0.25, -0.2) is 0 Å². The van der Waals surface area contributed by atoms with Crippen LogP contribution in [0.3, 0.4) is 0 Å². The van der Waals surface area contributed by atoms with Gasteiger partial charge in [-0.05, 0) is 12.8 Å². The van der Waals surface area contributed by atoms with Gasteiger partial charge in [0.05, 0.1) is 0 Å². The third kappa shape index (κ3) is 18.3. The summed E-state index contributed by atoms with van der Waals surface area (Å²) in [4.78, 5) is 20.5. The van der Waals surface area contributed by atoms with E-state index in [1.807, 2.05) is 0 Å². The summed E-state index contributed by atoms with van der Waals surface area (Å²) in [7, 11) is 0. The summed E-state index contributed by atoms with van der Waals surface area (Å²) < 4.78 is 0. The van der Waals surface area contributed by atoms with Gasteiger partial charge in [0.1, 0.15) is 0 Å². The largest absolute Gasteiger partial charge is 1.00 e. The predicted octanol–water partition coefficient (Wildman–Crippen LogP) is 0.563. The van der Waals surface area contributed by atoms with E-state index in [2.05, 4.69) is 0 Å². The second kappa shape index (κ2) is 15.0. The van der Waals surface area contributed by atoms with Crippen LogP contribution in [0, 0.1) is 0 Å². The number of hydrogen-bond donors (Lipinski definition) is 2. The molecule has 4 nitrogen and oxygen atoms in total. The minimum absolute atomic E-state index is 0. The molecule has 0 amide bonds. The fraction of sp³-hybridized carbons (Fsp3) is 0.846. The van der Waals surface area contributed by atoms with E-state index >= 15 is 0 Å². The number of hydrogen-bond acceptors (Lipinski definition) is 2. The third-order valence-corrected chi connectivity index (χ3v) is 2.78. The maximum Gasteiger partial charge on any atom is 1.00 e. The molecule has 0 spiro atoms. The van der Waals surface area contributed by atoms with Crippen molar-refractivity contribution >= 4 is 11.9 Å². The molecular formula is C13H25NaO4. The molecule has 0 saturated heterocycles. The fourth-order valence-electron chi connectivity index (χ4n) is 1.79. The van der Waals surface area contributed by atoms with Gasteiger partial charge in [0.2, 0.25) is 0 Å². The van der Waals surface area contributed by atoms with Crippen molar-refractivity contribution in [2.75, 3.05) is 0 Å². The smallest absolute Gasteiger partial charge is 1.00 e. The molecule has 2 N–H and O–H groups in total. The summed E-state index contributed by atoms with van der Waals surface area (Å²) in [6, 6.07) is 0. The van der Waals surface area contributed by atoms with Crippen LogP contribution in [-0.2, 0) is 9.59 Å². The molecule has 0 aliphatic rings. The Morgan fingerprint density at radius 1 is 0.611 bits per heavy atom. The molecule has 0 aromatic carbocycles. The number of rotatable bonds is 12. The first-order valence-electron chi connectivity index (χ1n) is 6.56. The summed E-state index contributed by atoms with van der Waals surface area (Å²) in [6.45, 7) is 0. The van der Waals surface area contributed by atoms with Gasteiger partial charge in [-0.3, -0.25) is 9.59 Å². The molecule has 0 aromatic heterocycles. The van der Waals surface area contributed by atoms with Crippen molar-refractivity contribution in [2.45, 2.75) is 70.6 Å². The van der Waals surface area contributed by atoms with Gasteiger partial charge in [0.15, 0.2) is 0 Å². The van der Waals surface area contributed by atoms with E-state index in [0.29, 0.717) is 0 Å². The van der Waals surface area contributed by atoms with E-state index in [0.717, 1.165) is 38.5 Å². The van der Waals surface area contributed by atoms with Gasteiger partial charge in [0, 0.05) is 12.8 Å². The first kappa shape index (κ1) is 20.3. The van der Waals surface area contributed by atoms with Crippen LogP contribution in [0.5, 0.6) is 0 Å². The van der Waals surface area contributed by atoms with E-state index in [1.54, 1.807) is 0 Å². The summed E-state index contributed by atoms with van der Waals surface area (Å²) in [6.07, 6.45) is 9.89. The normalized spacial score (nSPS) is 9.78. The van der Waals surface area contributed by atoms with Gasteiger partial charge < -0.3 is 11.6 Å². The van der Waals surface area contributed by atoms with Crippen LogP contribution in [0.25, 0.3) is 0 Å². The van der Waals surface area contributed by atoms with Crippen molar-refractivity contribution in [3.8, 4) is 0 Å². The van der Waals surface area contributed by atoms with Crippen molar-refractivity contribution in [3.05, 3.63) is 0 Å². The van der Waals surface area contributed by atoms with E-state index in [-0.39, 0.29) is 43.8 Å². The Kier molecular flexibility index (Phi) is 16.9. The number of aliphatic carboxylic acids is 2. The zero-order chi connectivity index (χ0) is 12.9. The summed E-state index contributed by atoms with van der Waals surface area (Å²) in [5, 5.41) is 16.9. The zero-order valence-corrected chi connectivity index (χ0v) is 13.5. The zero-order valence-electron chi connectivity index (χ0n) is 12.5. The molecule has 5 heteroatoms. The van der Waals surface area contributed by atoms with Crippen molar-refractivity contribution in [2.24, 2.45) is 0 Å². The van der Waals surface area contributed by atoms with Crippen molar-refractivity contribution in [3.63, 3.8) is 0 Å². The number of carboxylic acids is 2. The minimum atomic E-state index is -0.705. The van der Waals surface area contributed by atoms with Crippen LogP contribution in [0.2, 0.25) is 0 Å². The first-order chi connectivity index (χ1) is 8.13. The molecule has 0 aromatic rings. The monoisotopic (exact) mass is 268 g/mol. The van der Waals surface area contributed by atoms with Crippen LogP contribution in [0.15, 0.2) is 0 Å². The standard InChI is InChI=1S/C13H24O4.Na.H/c14-12(15)10-8-6-4-2-1-3-5-7-9-11-13(16)17;;/h1-11H2,(H,14,15)(H,16,17);;/q;+1;-1. The second-order valence-electron chi connectivity index (χ2n) is 4.47. The predicted molar refractivity (Wildman–Crippen MR) is 67.2 cm³/mol. The maximum atomic E-state index is 10.2. The summed E-state index contributed by atoms with van der Waals surface area (Å²) in [5.74, 6) is -1.41. The molecule has 0 heterocycles. The molecule has 0 aliphatic heterocycles. The second-order valence-corrected chi connectivity index (χ2v) is 4.47. The Balaban J connectivity index is -0.00000128. The van der Waals surface area contributed by atoms with Gasteiger partial charge in [0.25, 0.3) is 0 Å². The molecule has 0 atom stereocenters. The van der Waals surface area contributed by atoms with Crippen LogP contribution >= 0.6 is 0 Å². The molecule has 102 valence electrons. The van der Waals surface area contributed by atoms with Crippen LogP contribution in [0.1, 0.15) is 72.1 Å². The van der Waals surface area contributed by atoms with E-state index < -0.39 is 11.9 Å². The van der Waals surface area contributed by atoms with Gasteiger partial charge in [-0.1, -0.05) is 44.9 Å². The Bertz CT molecular complexity index is 203. The molecule has 18 heavy (non-hydrogen) atoms. The van der Waals surface area contributed by atoms with Crippen LogP contribution in [-0.4, -0.2) is 22.2 Å². The van der Waals surface area contributed by atoms with E-state index in [1.165, 1.54) is 19.3 Å². The Morgan fingerprint density at radius 3 is 1.06 bits per heavy atom. The fourth-order valence-corrected chi connectivity index (χ4v) is 1.79. The van der Waals surface area contributed by atoms with E-state index in [9.17, 15) is 9.59 Å². The van der Waals surface area contributed by atoms with Gasteiger partial charge in [-0.15, -0.1) is 0 Å². The van der Waals surface area contributed by atoms with Crippen molar-refractivity contribution in [1.82, 2.24) is 0 Å². The summed E-state index contributed by atoms with van der Waals surface area (Å²) in [5.41, 5.74) is 0. The molecular weight excluding hydrogens is 243 g/mol. The third-order valence-electron chi connectivity index (χ3n) is 2.78. The number of carboxylic acid groups (broad SMARTS) is 2. The minimum Gasteiger partial charge on any atom is -1.00 e. The Labute approximate surface area is 133 Å². The molecule has 0 unspecified atom stereocenters. The Hall–Kier alpha value is -0.0600. The van der Waals surface area contributed by atoms with Crippen molar-refractivity contribution < 1.29 is 50.8 Å². The average molecular weight is 268 g/mol.